The van der Waals surface area contributed by atoms with Gasteiger partial charge < -0.3 is 27.5 Å². The van der Waals surface area contributed by atoms with Gasteiger partial charge in [-0.3, -0.25) is 4.79 Å². The molecule has 0 heterocycles. The summed E-state index contributed by atoms with van der Waals surface area (Å²) in [5, 5.41) is 16.3. The van der Waals surface area contributed by atoms with E-state index in [1.807, 2.05) is 5.48 Å². The number of carboxylic acids is 1. The van der Waals surface area contributed by atoms with Crippen LogP contribution >= 0.6 is 0 Å². The average molecular weight is 250 g/mol. The standard InChI is InChI=1S/C6H14N2O2.C4H12N2O/c7-4-2-1-3-5(8)6(9)10;5-3-1-2-4-6-7/h5H,1-4,7-8H2,(H,9,10);6-7H,1-5H2/t5-;/m0./s1. The van der Waals surface area contributed by atoms with Crippen LogP contribution in [-0.2, 0) is 4.79 Å². The maximum Gasteiger partial charge on any atom is 0.320 e. The molecule has 0 aliphatic carbocycles. The summed E-state index contributed by atoms with van der Waals surface area (Å²) < 4.78 is 0. The molecule has 0 spiro atoms. The average Bonchev–Trinajstić information content (AvgIpc) is 2.30. The van der Waals surface area contributed by atoms with E-state index in [1.54, 1.807) is 0 Å². The molecule has 0 bridgehead atoms. The van der Waals surface area contributed by atoms with Crippen LogP contribution in [0.5, 0.6) is 0 Å². The van der Waals surface area contributed by atoms with Crippen molar-refractivity contribution in [1.29, 1.82) is 0 Å². The minimum Gasteiger partial charge on any atom is -0.480 e. The van der Waals surface area contributed by atoms with Crippen molar-refractivity contribution in [2.24, 2.45) is 17.2 Å². The molecule has 0 radical (unpaired) electrons. The van der Waals surface area contributed by atoms with Gasteiger partial charge in [-0.05, 0) is 38.8 Å². The Bertz CT molecular complexity index is 166. The molecule has 1 atom stereocenters. The Morgan fingerprint density at radius 2 is 1.65 bits per heavy atom. The number of carbonyl (C=O) groups is 1. The quantitative estimate of drug-likeness (QED) is 0.232. The zero-order valence-electron chi connectivity index (χ0n) is 10.3. The zero-order valence-corrected chi connectivity index (χ0v) is 10.3. The van der Waals surface area contributed by atoms with E-state index < -0.39 is 12.0 Å². The highest BCUT2D eigenvalue weighted by Gasteiger charge is 2.09. The number of nitrogens with one attached hydrogen (secondary N) is 1. The topological polar surface area (TPSA) is 148 Å². The molecule has 0 saturated heterocycles. The van der Waals surface area contributed by atoms with Crippen molar-refractivity contribution >= 4 is 5.97 Å². The van der Waals surface area contributed by atoms with Gasteiger partial charge in [0.25, 0.3) is 0 Å². The van der Waals surface area contributed by atoms with Gasteiger partial charge in [0.15, 0.2) is 0 Å². The molecule has 0 unspecified atom stereocenters. The first-order valence-electron chi connectivity index (χ1n) is 5.85. The molecule has 0 aromatic heterocycles. The van der Waals surface area contributed by atoms with Gasteiger partial charge in [0.1, 0.15) is 6.04 Å². The third kappa shape index (κ3) is 17.9. The fourth-order valence-electron chi connectivity index (χ4n) is 0.980. The highest BCUT2D eigenvalue weighted by molar-refractivity contribution is 5.72. The molecular weight excluding hydrogens is 224 g/mol. The molecule has 0 amide bonds. The number of nitrogens with two attached hydrogens (primary N) is 3. The Morgan fingerprint density at radius 3 is 2.06 bits per heavy atom. The van der Waals surface area contributed by atoms with Crippen molar-refractivity contribution in [3.63, 3.8) is 0 Å². The molecule has 7 nitrogen and oxygen atoms in total. The lowest BCUT2D eigenvalue weighted by Crippen LogP contribution is -2.29. The molecule has 17 heavy (non-hydrogen) atoms. The first kappa shape index (κ1) is 18.6. The minimum absolute atomic E-state index is 0.520. The lowest BCUT2D eigenvalue weighted by atomic mass is 10.1. The van der Waals surface area contributed by atoms with Gasteiger partial charge in [-0.1, -0.05) is 6.42 Å². The molecule has 0 aliphatic rings. The third-order valence-electron chi connectivity index (χ3n) is 2.03. The minimum atomic E-state index is -0.933. The number of hydroxylamine groups is 1. The van der Waals surface area contributed by atoms with E-state index in [4.69, 9.17) is 27.5 Å². The Labute approximate surface area is 102 Å². The summed E-state index contributed by atoms with van der Waals surface area (Å²) in [5.74, 6) is -0.933. The Kier molecular flexibility index (Phi) is 16.7. The predicted octanol–water partition coefficient (Wildman–Crippen LogP) is -0.769. The van der Waals surface area contributed by atoms with E-state index in [9.17, 15) is 4.79 Å². The molecule has 7 heteroatoms. The van der Waals surface area contributed by atoms with Crippen molar-refractivity contribution in [2.45, 2.75) is 38.1 Å². The predicted molar refractivity (Wildman–Crippen MR) is 66.6 cm³/mol. The number of hydrogen-bond acceptors (Lipinski definition) is 6. The van der Waals surface area contributed by atoms with E-state index in [1.165, 1.54) is 0 Å². The van der Waals surface area contributed by atoms with Crippen molar-refractivity contribution in [1.82, 2.24) is 5.48 Å². The summed E-state index contributed by atoms with van der Waals surface area (Å²) in [7, 11) is 0. The monoisotopic (exact) mass is 250 g/mol. The summed E-state index contributed by atoms with van der Waals surface area (Å²) >= 11 is 0. The van der Waals surface area contributed by atoms with Crippen LogP contribution in [0.25, 0.3) is 0 Å². The summed E-state index contributed by atoms with van der Waals surface area (Å²) in [6.45, 7) is 1.96. The summed E-state index contributed by atoms with van der Waals surface area (Å²) in [5.41, 5.74) is 17.6. The lowest BCUT2D eigenvalue weighted by molar-refractivity contribution is -0.138. The van der Waals surface area contributed by atoms with Crippen molar-refractivity contribution < 1.29 is 15.1 Å². The number of unbranched alkanes of at least 4 members (excludes halogenated alkanes) is 2. The smallest absolute Gasteiger partial charge is 0.320 e. The fourth-order valence-corrected chi connectivity index (χ4v) is 0.980. The van der Waals surface area contributed by atoms with Gasteiger partial charge in [-0.25, -0.2) is 5.48 Å². The molecular formula is C10H26N4O3. The van der Waals surface area contributed by atoms with Crippen LogP contribution in [0.1, 0.15) is 32.1 Å². The number of carboxylic acid groups (broad SMARTS) is 1. The van der Waals surface area contributed by atoms with Crippen LogP contribution in [0.2, 0.25) is 0 Å². The lowest BCUT2D eigenvalue weighted by Gasteiger charge is -2.03. The maximum absolute atomic E-state index is 10.1. The molecule has 0 aromatic carbocycles. The summed E-state index contributed by atoms with van der Waals surface area (Å²) in [4.78, 5) is 10.1. The van der Waals surface area contributed by atoms with Gasteiger partial charge in [0.2, 0.25) is 0 Å². The Hall–Kier alpha value is -0.730. The second-order valence-corrected chi connectivity index (χ2v) is 3.63. The van der Waals surface area contributed by atoms with E-state index >= 15 is 0 Å². The van der Waals surface area contributed by atoms with Gasteiger partial charge in [-0.15, -0.1) is 0 Å². The molecule has 0 fully saturated rings. The number of rotatable bonds is 9. The van der Waals surface area contributed by atoms with Gasteiger partial charge in [0.05, 0.1) is 0 Å². The van der Waals surface area contributed by atoms with Gasteiger partial charge in [-0.2, -0.15) is 0 Å². The van der Waals surface area contributed by atoms with Crippen molar-refractivity contribution in [3.05, 3.63) is 0 Å². The number of hydrogen-bond donors (Lipinski definition) is 6. The Morgan fingerprint density at radius 1 is 1.12 bits per heavy atom. The summed E-state index contributed by atoms with van der Waals surface area (Å²) in [6, 6.07) is -0.716. The maximum atomic E-state index is 10.1. The second kappa shape index (κ2) is 15.3. The Balaban J connectivity index is 0. The highest BCUT2D eigenvalue weighted by Crippen LogP contribution is 1.96. The first-order chi connectivity index (χ1) is 8.09. The van der Waals surface area contributed by atoms with Crippen molar-refractivity contribution in [3.8, 4) is 0 Å². The van der Waals surface area contributed by atoms with Crippen LogP contribution in [0, 0.1) is 0 Å². The van der Waals surface area contributed by atoms with E-state index in [-0.39, 0.29) is 0 Å². The van der Waals surface area contributed by atoms with Crippen LogP contribution in [0.3, 0.4) is 0 Å². The van der Waals surface area contributed by atoms with Crippen molar-refractivity contribution in [2.75, 3.05) is 19.6 Å². The normalized spacial score (nSPS) is 11.5. The molecule has 0 aromatic rings. The molecule has 9 N–H and O–H groups in total. The van der Waals surface area contributed by atoms with E-state index in [0.29, 0.717) is 26.1 Å². The SMILES string of the molecule is NCCCCNO.NCCCC[C@H](N)C(=O)O. The molecule has 0 rings (SSSR count). The van der Waals surface area contributed by atoms with Gasteiger partial charge >= 0.3 is 5.97 Å². The molecule has 0 aliphatic heterocycles. The third-order valence-corrected chi connectivity index (χ3v) is 2.03. The second-order valence-electron chi connectivity index (χ2n) is 3.63. The van der Waals surface area contributed by atoms with E-state index in [2.05, 4.69) is 0 Å². The van der Waals surface area contributed by atoms with Crippen LogP contribution < -0.4 is 22.7 Å². The zero-order chi connectivity index (χ0) is 13.5. The van der Waals surface area contributed by atoms with Gasteiger partial charge in [0, 0.05) is 6.54 Å². The van der Waals surface area contributed by atoms with E-state index in [0.717, 1.165) is 25.7 Å². The van der Waals surface area contributed by atoms with Crippen LogP contribution in [0.4, 0.5) is 0 Å². The fraction of sp³-hybridized carbons (Fsp3) is 0.900. The summed E-state index contributed by atoms with van der Waals surface area (Å²) in [6.07, 6.45) is 4.10. The highest BCUT2D eigenvalue weighted by atomic mass is 16.5. The van der Waals surface area contributed by atoms with Crippen LogP contribution in [-0.4, -0.2) is 42.0 Å². The molecule has 0 saturated carbocycles. The largest absolute Gasteiger partial charge is 0.480 e. The molecule has 104 valence electrons. The number of aliphatic carboxylic acids is 1. The first-order valence-corrected chi connectivity index (χ1v) is 5.85. The van der Waals surface area contributed by atoms with Crippen LogP contribution in [0.15, 0.2) is 0 Å².